The van der Waals surface area contributed by atoms with Gasteiger partial charge in [-0.05, 0) is 38.3 Å². The third-order valence-corrected chi connectivity index (χ3v) is 6.76. The maximum Gasteiger partial charge on any atom is 0.134 e. The van der Waals surface area contributed by atoms with Crippen molar-refractivity contribution in [1.82, 2.24) is 9.97 Å². The molecule has 0 radical (unpaired) electrons. The average Bonchev–Trinajstić information content (AvgIpc) is 2.73. The lowest BCUT2D eigenvalue weighted by Gasteiger charge is -2.32. The average molecular weight is 404 g/mol. The summed E-state index contributed by atoms with van der Waals surface area (Å²) in [7, 11) is 0. The van der Waals surface area contributed by atoms with Crippen molar-refractivity contribution in [3.63, 3.8) is 0 Å². The maximum atomic E-state index is 5.99. The van der Waals surface area contributed by atoms with Crippen LogP contribution in [0.15, 0.2) is 12.3 Å². The molecule has 29 heavy (non-hydrogen) atoms. The molecule has 3 heteroatoms. The standard InChI is InChI=1S/C26H49N3/c1-6-9-12-14-18-26(5,19-15-13-10-7-2)24-28-22-16-23(29-24)25(4,20-21-27)17-11-8-3/h16,22H,6-15,17-21,27H2,1-5H3. The molecule has 1 aromatic heterocycles. The van der Waals surface area contributed by atoms with Gasteiger partial charge in [0.05, 0.1) is 5.69 Å². The molecular weight excluding hydrogens is 354 g/mol. The van der Waals surface area contributed by atoms with Crippen LogP contribution in [0.25, 0.3) is 0 Å². The summed E-state index contributed by atoms with van der Waals surface area (Å²) in [4.78, 5) is 10.0. The topological polar surface area (TPSA) is 51.8 Å². The van der Waals surface area contributed by atoms with E-state index >= 15 is 0 Å². The highest BCUT2D eigenvalue weighted by Gasteiger charge is 2.32. The molecule has 0 fully saturated rings. The summed E-state index contributed by atoms with van der Waals surface area (Å²) in [5.74, 6) is 1.07. The van der Waals surface area contributed by atoms with E-state index in [1.165, 1.54) is 82.7 Å². The largest absolute Gasteiger partial charge is 0.330 e. The zero-order valence-electron chi connectivity index (χ0n) is 20.2. The van der Waals surface area contributed by atoms with E-state index in [0.29, 0.717) is 6.54 Å². The molecule has 0 spiro atoms. The Labute approximate surface area is 181 Å². The van der Waals surface area contributed by atoms with Crippen LogP contribution in [0, 0.1) is 0 Å². The van der Waals surface area contributed by atoms with Crippen molar-refractivity contribution in [3.05, 3.63) is 23.8 Å². The SMILES string of the molecule is CCCCCCC(C)(CCCCCC)c1nccc(C(C)(CCN)CCCC)n1. The first-order valence-electron chi connectivity index (χ1n) is 12.5. The van der Waals surface area contributed by atoms with Crippen LogP contribution in [0.3, 0.4) is 0 Å². The van der Waals surface area contributed by atoms with Gasteiger partial charge in [0.25, 0.3) is 0 Å². The van der Waals surface area contributed by atoms with Gasteiger partial charge in [0.15, 0.2) is 0 Å². The van der Waals surface area contributed by atoms with E-state index in [0.717, 1.165) is 18.7 Å². The third kappa shape index (κ3) is 8.74. The zero-order chi connectivity index (χ0) is 21.6. The molecule has 0 aromatic carbocycles. The number of hydrogen-bond acceptors (Lipinski definition) is 3. The quantitative estimate of drug-likeness (QED) is 0.274. The number of aromatic nitrogens is 2. The molecule has 0 saturated heterocycles. The van der Waals surface area contributed by atoms with Crippen LogP contribution in [0.1, 0.15) is 136 Å². The maximum absolute atomic E-state index is 5.99. The van der Waals surface area contributed by atoms with E-state index in [-0.39, 0.29) is 10.8 Å². The van der Waals surface area contributed by atoms with Gasteiger partial charge < -0.3 is 5.73 Å². The van der Waals surface area contributed by atoms with Crippen LogP contribution in [0.4, 0.5) is 0 Å². The Kier molecular flexibility index (Phi) is 12.7. The fraction of sp³-hybridized carbons (Fsp3) is 0.846. The summed E-state index contributed by atoms with van der Waals surface area (Å²) in [5.41, 5.74) is 7.35. The van der Waals surface area contributed by atoms with E-state index in [9.17, 15) is 0 Å². The Morgan fingerprint density at radius 3 is 1.79 bits per heavy atom. The molecule has 0 aliphatic rings. The van der Waals surface area contributed by atoms with Gasteiger partial charge in [0.1, 0.15) is 5.82 Å². The lowest BCUT2D eigenvalue weighted by atomic mass is 9.76. The van der Waals surface area contributed by atoms with E-state index in [4.69, 9.17) is 15.7 Å². The van der Waals surface area contributed by atoms with E-state index in [2.05, 4.69) is 40.7 Å². The molecule has 0 amide bonds. The van der Waals surface area contributed by atoms with Crippen LogP contribution in [-0.2, 0) is 10.8 Å². The van der Waals surface area contributed by atoms with Gasteiger partial charge >= 0.3 is 0 Å². The molecule has 1 atom stereocenters. The summed E-state index contributed by atoms with van der Waals surface area (Å²) in [6.07, 6.45) is 19.4. The summed E-state index contributed by atoms with van der Waals surface area (Å²) in [5, 5.41) is 0. The van der Waals surface area contributed by atoms with Gasteiger partial charge in [-0.3, -0.25) is 0 Å². The first-order chi connectivity index (χ1) is 14.0. The Balaban J connectivity index is 3.08. The molecule has 1 rings (SSSR count). The second-order valence-corrected chi connectivity index (χ2v) is 9.65. The highest BCUT2D eigenvalue weighted by Crippen LogP contribution is 2.36. The second kappa shape index (κ2) is 14.1. The predicted octanol–water partition coefficient (Wildman–Crippen LogP) is 7.47. The minimum atomic E-state index is 0.0633. The van der Waals surface area contributed by atoms with Crippen molar-refractivity contribution in [1.29, 1.82) is 0 Å². The van der Waals surface area contributed by atoms with Gasteiger partial charge in [0.2, 0.25) is 0 Å². The summed E-state index contributed by atoms with van der Waals surface area (Å²) >= 11 is 0. The van der Waals surface area contributed by atoms with Gasteiger partial charge in [-0.25, -0.2) is 9.97 Å². The van der Waals surface area contributed by atoms with Gasteiger partial charge in [-0.1, -0.05) is 98.8 Å². The third-order valence-electron chi connectivity index (χ3n) is 6.76. The lowest BCUT2D eigenvalue weighted by molar-refractivity contribution is 0.335. The Hall–Kier alpha value is -0.960. The Morgan fingerprint density at radius 2 is 1.28 bits per heavy atom. The summed E-state index contributed by atoms with van der Waals surface area (Å²) in [6.45, 7) is 12.3. The van der Waals surface area contributed by atoms with Crippen LogP contribution >= 0.6 is 0 Å². The van der Waals surface area contributed by atoms with Gasteiger partial charge in [0, 0.05) is 17.0 Å². The van der Waals surface area contributed by atoms with Crippen molar-refractivity contribution < 1.29 is 0 Å². The minimum Gasteiger partial charge on any atom is -0.330 e. The monoisotopic (exact) mass is 403 g/mol. The first kappa shape index (κ1) is 26.1. The van der Waals surface area contributed by atoms with Crippen molar-refractivity contribution in [3.8, 4) is 0 Å². The minimum absolute atomic E-state index is 0.0633. The van der Waals surface area contributed by atoms with Crippen molar-refractivity contribution in [2.45, 2.75) is 135 Å². The molecule has 1 heterocycles. The first-order valence-corrected chi connectivity index (χ1v) is 12.5. The fourth-order valence-electron chi connectivity index (χ4n) is 4.48. The van der Waals surface area contributed by atoms with E-state index in [1.807, 2.05) is 6.20 Å². The zero-order valence-corrected chi connectivity index (χ0v) is 20.2. The Bertz CT molecular complexity index is 531. The summed E-state index contributed by atoms with van der Waals surface area (Å²) in [6, 6.07) is 2.14. The highest BCUT2D eigenvalue weighted by atomic mass is 14.9. The molecule has 1 unspecified atom stereocenters. The number of unbranched alkanes of at least 4 members (excludes halogenated alkanes) is 7. The van der Waals surface area contributed by atoms with Crippen molar-refractivity contribution in [2.75, 3.05) is 6.54 Å². The van der Waals surface area contributed by atoms with Crippen LogP contribution in [0.5, 0.6) is 0 Å². The van der Waals surface area contributed by atoms with Crippen LogP contribution < -0.4 is 5.73 Å². The number of rotatable bonds is 17. The van der Waals surface area contributed by atoms with Gasteiger partial charge in [-0.2, -0.15) is 0 Å². The van der Waals surface area contributed by atoms with E-state index in [1.54, 1.807) is 0 Å². The molecule has 168 valence electrons. The van der Waals surface area contributed by atoms with Crippen LogP contribution in [0.2, 0.25) is 0 Å². The molecule has 0 bridgehead atoms. The van der Waals surface area contributed by atoms with Crippen molar-refractivity contribution in [2.24, 2.45) is 5.73 Å². The predicted molar refractivity (Wildman–Crippen MR) is 127 cm³/mol. The normalized spacial score (nSPS) is 14.1. The van der Waals surface area contributed by atoms with Crippen molar-refractivity contribution >= 4 is 0 Å². The van der Waals surface area contributed by atoms with Crippen LogP contribution in [-0.4, -0.2) is 16.5 Å². The summed E-state index contributed by atoms with van der Waals surface area (Å²) < 4.78 is 0. The molecule has 0 aliphatic carbocycles. The molecule has 0 aliphatic heterocycles. The number of hydrogen-bond donors (Lipinski definition) is 1. The van der Waals surface area contributed by atoms with E-state index < -0.39 is 0 Å². The smallest absolute Gasteiger partial charge is 0.134 e. The Morgan fingerprint density at radius 1 is 0.724 bits per heavy atom. The van der Waals surface area contributed by atoms with Gasteiger partial charge in [-0.15, -0.1) is 0 Å². The lowest BCUT2D eigenvalue weighted by Crippen LogP contribution is -2.31. The molecule has 3 nitrogen and oxygen atoms in total. The second-order valence-electron chi connectivity index (χ2n) is 9.65. The fourth-order valence-corrected chi connectivity index (χ4v) is 4.48. The molecule has 0 saturated carbocycles. The molecule has 2 N–H and O–H groups in total. The number of nitrogens with two attached hydrogens (primary N) is 1. The highest BCUT2D eigenvalue weighted by molar-refractivity contribution is 5.18. The number of nitrogens with zero attached hydrogens (tertiary/aromatic N) is 2. The molecule has 1 aromatic rings. The molecular formula is C26H49N3.